The van der Waals surface area contributed by atoms with Gasteiger partial charge in [-0.25, -0.2) is 12.8 Å². The van der Waals surface area contributed by atoms with Crippen molar-refractivity contribution in [2.75, 3.05) is 17.1 Å². The minimum Gasteiger partial charge on any atom is -0.350 e. The predicted octanol–water partition coefficient (Wildman–Crippen LogP) is 5.58. The van der Waals surface area contributed by atoms with Crippen LogP contribution in [0, 0.1) is 5.82 Å². The maximum absolute atomic E-state index is 14.5. The first kappa shape index (κ1) is 32.1. The SMILES string of the molecule is CC(C)(C)NC(=O)[C@@H](Cc1ccccc1)N(Cc1ccccc1Cl)C(=O)CCCN(c1ccccc1F)S(C)(=O)=O. The van der Waals surface area contributed by atoms with E-state index in [-0.39, 0.29) is 49.9 Å². The van der Waals surface area contributed by atoms with Gasteiger partial charge in [-0.05, 0) is 56.5 Å². The molecule has 3 aromatic rings. The minimum absolute atomic E-state index is 0.0704. The van der Waals surface area contributed by atoms with Crippen molar-refractivity contribution < 1.29 is 22.4 Å². The van der Waals surface area contributed by atoms with Crippen molar-refractivity contribution in [2.45, 2.75) is 58.2 Å². The van der Waals surface area contributed by atoms with Crippen LogP contribution < -0.4 is 9.62 Å². The third-order valence-electron chi connectivity index (χ3n) is 6.34. The van der Waals surface area contributed by atoms with E-state index in [4.69, 9.17) is 11.6 Å². The molecular formula is C31H37ClFN3O4S. The molecule has 220 valence electrons. The number of benzene rings is 3. The Morgan fingerprint density at radius 3 is 2.17 bits per heavy atom. The first-order chi connectivity index (χ1) is 19.3. The summed E-state index contributed by atoms with van der Waals surface area (Å²) in [6.45, 7) is 5.58. The van der Waals surface area contributed by atoms with Crippen molar-refractivity contribution in [1.82, 2.24) is 10.2 Å². The average molecular weight is 602 g/mol. The van der Waals surface area contributed by atoms with Gasteiger partial charge in [0.25, 0.3) is 0 Å². The fraction of sp³-hybridized carbons (Fsp3) is 0.355. The molecular weight excluding hydrogens is 565 g/mol. The molecule has 0 fully saturated rings. The van der Waals surface area contributed by atoms with Gasteiger partial charge in [0.2, 0.25) is 21.8 Å². The molecule has 0 saturated heterocycles. The number of carbonyl (C=O) groups is 2. The lowest BCUT2D eigenvalue weighted by Gasteiger charge is -2.34. The zero-order chi connectivity index (χ0) is 30.2. The summed E-state index contributed by atoms with van der Waals surface area (Å²) in [7, 11) is -3.82. The van der Waals surface area contributed by atoms with Crippen LogP contribution in [0.1, 0.15) is 44.7 Å². The molecule has 1 N–H and O–H groups in total. The van der Waals surface area contributed by atoms with Gasteiger partial charge in [0.15, 0.2) is 0 Å². The topological polar surface area (TPSA) is 86.8 Å². The largest absolute Gasteiger partial charge is 0.350 e. The number of halogens is 2. The molecule has 41 heavy (non-hydrogen) atoms. The molecule has 0 spiro atoms. The number of nitrogens with one attached hydrogen (secondary N) is 1. The molecule has 0 radical (unpaired) electrons. The zero-order valence-electron chi connectivity index (χ0n) is 23.8. The minimum atomic E-state index is -3.82. The average Bonchev–Trinajstić information content (AvgIpc) is 2.89. The van der Waals surface area contributed by atoms with Crippen LogP contribution in [-0.4, -0.2) is 49.5 Å². The lowest BCUT2D eigenvalue weighted by atomic mass is 10.00. The van der Waals surface area contributed by atoms with Crippen LogP contribution >= 0.6 is 11.6 Å². The smallest absolute Gasteiger partial charge is 0.243 e. The van der Waals surface area contributed by atoms with E-state index in [1.807, 2.05) is 57.2 Å². The molecule has 0 heterocycles. The van der Waals surface area contributed by atoms with Crippen molar-refractivity contribution in [1.29, 1.82) is 0 Å². The van der Waals surface area contributed by atoms with E-state index in [1.54, 1.807) is 24.3 Å². The van der Waals surface area contributed by atoms with E-state index in [2.05, 4.69) is 5.32 Å². The van der Waals surface area contributed by atoms with E-state index < -0.39 is 27.4 Å². The summed E-state index contributed by atoms with van der Waals surface area (Å²) in [5.41, 5.74) is 0.928. The van der Waals surface area contributed by atoms with E-state index in [1.165, 1.54) is 23.1 Å². The van der Waals surface area contributed by atoms with E-state index >= 15 is 0 Å². The van der Waals surface area contributed by atoms with Crippen molar-refractivity contribution in [3.05, 3.63) is 101 Å². The normalized spacial score (nSPS) is 12.4. The maximum atomic E-state index is 14.5. The predicted molar refractivity (Wildman–Crippen MR) is 162 cm³/mol. The first-order valence-electron chi connectivity index (χ1n) is 13.4. The fourth-order valence-corrected chi connectivity index (χ4v) is 5.62. The number of amides is 2. The van der Waals surface area contributed by atoms with E-state index in [9.17, 15) is 22.4 Å². The molecule has 0 aliphatic rings. The van der Waals surface area contributed by atoms with Crippen LogP contribution in [0.2, 0.25) is 5.02 Å². The highest BCUT2D eigenvalue weighted by molar-refractivity contribution is 7.92. The van der Waals surface area contributed by atoms with Crippen LogP contribution in [0.15, 0.2) is 78.9 Å². The number of para-hydroxylation sites is 1. The maximum Gasteiger partial charge on any atom is 0.243 e. The highest BCUT2D eigenvalue weighted by Crippen LogP contribution is 2.24. The van der Waals surface area contributed by atoms with Crippen LogP contribution in [0.25, 0.3) is 0 Å². The lowest BCUT2D eigenvalue weighted by Crippen LogP contribution is -2.54. The third kappa shape index (κ3) is 9.57. The molecule has 10 heteroatoms. The Hall–Kier alpha value is -3.43. The fourth-order valence-electron chi connectivity index (χ4n) is 4.45. The molecule has 0 unspecified atom stereocenters. The van der Waals surface area contributed by atoms with Crippen LogP contribution in [0.3, 0.4) is 0 Å². The Kier molecular flexibility index (Phi) is 10.9. The van der Waals surface area contributed by atoms with Crippen molar-refractivity contribution in [3.63, 3.8) is 0 Å². The number of hydrogen-bond acceptors (Lipinski definition) is 4. The Bertz CT molecular complexity index is 1440. The summed E-state index contributed by atoms with van der Waals surface area (Å²) in [5.74, 6) is -1.34. The van der Waals surface area contributed by atoms with Gasteiger partial charge in [-0.15, -0.1) is 0 Å². The van der Waals surface area contributed by atoms with Crippen LogP contribution in [0.5, 0.6) is 0 Å². The molecule has 0 aliphatic heterocycles. The number of carbonyl (C=O) groups excluding carboxylic acids is 2. The summed E-state index contributed by atoms with van der Waals surface area (Å²) in [4.78, 5) is 29.0. The van der Waals surface area contributed by atoms with Gasteiger partial charge in [-0.1, -0.05) is 72.3 Å². The molecule has 7 nitrogen and oxygen atoms in total. The molecule has 0 saturated carbocycles. The third-order valence-corrected chi connectivity index (χ3v) is 7.89. The Morgan fingerprint density at radius 1 is 0.951 bits per heavy atom. The van der Waals surface area contributed by atoms with Crippen LogP contribution in [0.4, 0.5) is 10.1 Å². The summed E-state index contributed by atoms with van der Waals surface area (Å²) in [6, 6.07) is 21.3. The molecule has 0 aromatic heterocycles. The second kappa shape index (κ2) is 14.0. The highest BCUT2D eigenvalue weighted by atomic mass is 35.5. The molecule has 2 amide bonds. The van der Waals surface area contributed by atoms with Crippen molar-refractivity contribution >= 4 is 39.1 Å². The summed E-state index contributed by atoms with van der Waals surface area (Å²) in [6.07, 6.45) is 1.30. The van der Waals surface area contributed by atoms with Crippen LogP contribution in [-0.2, 0) is 32.6 Å². The summed E-state index contributed by atoms with van der Waals surface area (Å²) >= 11 is 6.46. The number of nitrogens with zero attached hydrogens (tertiary/aromatic N) is 2. The van der Waals surface area contributed by atoms with Gasteiger partial charge in [0.1, 0.15) is 11.9 Å². The monoisotopic (exact) mass is 601 g/mol. The molecule has 3 rings (SSSR count). The standard InChI is InChI=1S/C31H37ClFN3O4S/c1-31(2,3)34-30(38)28(21-23-13-6-5-7-14-23)35(22-24-15-8-9-16-25(24)32)29(37)19-12-20-36(41(4,39)40)27-18-11-10-17-26(27)33/h5-11,13-18,28H,12,19-22H2,1-4H3,(H,34,38)/t28-/m1/s1. The number of sulfonamides is 1. The van der Waals surface area contributed by atoms with E-state index in [0.29, 0.717) is 10.6 Å². The van der Waals surface area contributed by atoms with Gasteiger partial charge < -0.3 is 10.2 Å². The number of hydrogen-bond donors (Lipinski definition) is 1. The summed E-state index contributed by atoms with van der Waals surface area (Å²) in [5, 5.41) is 3.46. The molecule has 0 bridgehead atoms. The van der Waals surface area contributed by atoms with Gasteiger partial charge in [0.05, 0.1) is 11.9 Å². The van der Waals surface area contributed by atoms with Gasteiger partial charge >= 0.3 is 0 Å². The number of rotatable bonds is 12. The van der Waals surface area contributed by atoms with Crippen molar-refractivity contribution in [2.24, 2.45) is 0 Å². The molecule has 0 aliphatic carbocycles. The van der Waals surface area contributed by atoms with Gasteiger partial charge in [0, 0.05) is 36.5 Å². The first-order valence-corrected chi connectivity index (χ1v) is 15.6. The number of anilines is 1. The quantitative estimate of drug-likeness (QED) is 0.294. The lowest BCUT2D eigenvalue weighted by molar-refractivity contribution is -0.142. The van der Waals surface area contributed by atoms with Gasteiger partial charge in [-0.2, -0.15) is 0 Å². The van der Waals surface area contributed by atoms with E-state index in [0.717, 1.165) is 16.1 Å². The second-order valence-electron chi connectivity index (χ2n) is 10.9. The second-order valence-corrected chi connectivity index (χ2v) is 13.3. The molecule has 3 aromatic carbocycles. The molecule has 1 atom stereocenters. The zero-order valence-corrected chi connectivity index (χ0v) is 25.4. The highest BCUT2D eigenvalue weighted by Gasteiger charge is 2.32. The summed E-state index contributed by atoms with van der Waals surface area (Å²) < 4.78 is 40.4. The van der Waals surface area contributed by atoms with Crippen molar-refractivity contribution in [3.8, 4) is 0 Å². The Morgan fingerprint density at radius 2 is 1.56 bits per heavy atom. The Balaban J connectivity index is 1.92. The Labute approximate surface area is 247 Å². The van der Waals surface area contributed by atoms with Gasteiger partial charge in [-0.3, -0.25) is 13.9 Å².